The lowest BCUT2D eigenvalue weighted by Gasteiger charge is -2.07. The Labute approximate surface area is 127 Å². The molecule has 0 aliphatic rings. The van der Waals surface area contributed by atoms with Crippen LogP contribution in [0.15, 0.2) is 34.8 Å². The molecule has 8 heteroatoms. The zero-order chi connectivity index (χ0) is 15.6. The van der Waals surface area contributed by atoms with E-state index in [1.54, 1.807) is 13.0 Å². The molecular formula is C13H9BrFN3O3. The van der Waals surface area contributed by atoms with Crippen LogP contribution in [-0.2, 0) is 0 Å². The predicted octanol–water partition coefficient (Wildman–Crippen LogP) is 3.45. The molecule has 0 saturated heterocycles. The fourth-order valence-corrected chi connectivity index (χ4v) is 1.82. The van der Waals surface area contributed by atoms with Crippen molar-refractivity contribution in [2.24, 2.45) is 0 Å². The van der Waals surface area contributed by atoms with Crippen LogP contribution < -0.4 is 5.32 Å². The molecule has 1 aromatic heterocycles. The number of nitrogens with one attached hydrogen (secondary N) is 1. The molecule has 2 rings (SSSR count). The highest BCUT2D eigenvalue weighted by Gasteiger charge is 2.17. The molecule has 1 amide bonds. The van der Waals surface area contributed by atoms with Gasteiger partial charge in [0.05, 0.1) is 16.2 Å². The lowest BCUT2D eigenvalue weighted by Crippen LogP contribution is -2.15. The summed E-state index contributed by atoms with van der Waals surface area (Å²) in [6.07, 6.45) is 0. The molecule has 0 fully saturated rings. The van der Waals surface area contributed by atoms with Crippen molar-refractivity contribution in [2.75, 3.05) is 5.32 Å². The van der Waals surface area contributed by atoms with Crippen LogP contribution in [0.4, 0.5) is 15.9 Å². The Balaban J connectivity index is 2.29. The summed E-state index contributed by atoms with van der Waals surface area (Å²) in [5.41, 5.74) is -0.125. The molecule has 1 N–H and O–H groups in total. The van der Waals surface area contributed by atoms with Crippen molar-refractivity contribution >= 4 is 33.3 Å². The van der Waals surface area contributed by atoms with E-state index in [1.165, 1.54) is 6.07 Å². The van der Waals surface area contributed by atoms with Gasteiger partial charge in [0.2, 0.25) is 0 Å². The molecule has 0 spiro atoms. The minimum atomic E-state index is -0.841. The van der Waals surface area contributed by atoms with Crippen LogP contribution in [0, 0.1) is 22.9 Å². The normalized spacial score (nSPS) is 10.2. The molecule has 0 saturated carbocycles. The third-order valence-corrected chi connectivity index (χ3v) is 3.51. The highest BCUT2D eigenvalue weighted by atomic mass is 79.9. The Morgan fingerprint density at radius 1 is 1.38 bits per heavy atom. The number of non-ortho nitro benzene ring substituents is 1. The van der Waals surface area contributed by atoms with Crippen molar-refractivity contribution in [1.29, 1.82) is 0 Å². The van der Waals surface area contributed by atoms with Gasteiger partial charge in [0.25, 0.3) is 11.6 Å². The van der Waals surface area contributed by atoms with Crippen LogP contribution >= 0.6 is 15.9 Å². The Morgan fingerprint density at radius 3 is 2.71 bits per heavy atom. The number of nitrogens with zero attached hydrogens (tertiary/aromatic N) is 2. The standard InChI is InChI=1S/C13H9BrFN3O3/c1-7-10(14)3-5-12(16-7)17-13(19)9-6-8(18(20)21)2-4-11(9)15/h2-6H,1H3,(H,16,17,19). The fourth-order valence-electron chi connectivity index (χ4n) is 1.60. The second-order valence-corrected chi connectivity index (χ2v) is 4.99. The highest BCUT2D eigenvalue weighted by molar-refractivity contribution is 9.10. The number of aryl methyl sites for hydroxylation is 1. The van der Waals surface area contributed by atoms with E-state index in [-0.39, 0.29) is 11.5 Å². The molecule has 0 radical (unpaired) electrons. The minimum Gasteiger partial charge on any atom is -0.306 e. The Kier molecular flexibility index (Phi) is 4.27. The van der Waals surface area contributed by atoms with Crippen molar-refractivity contribution in [3.63, 3.8) is 0 Å². The number of anilines is 1. The smallest absolute Gasteiger partial charge is 0.270 e. The first kappa shape index (κ1) is 15.0. The van der Waals surface area contributed by atoms with Crippen molar-refractivity contribution in [3.05, 3.63) is 62.0 Å². The summed E-state index contributed by atoms with van der Waals surface area (Å²) in [5, 5.41) is 13.1. The van der Waals surface area contributed by atoms with E-state index >= 15 is 0 Å². The van der Waals surface area contributed by atoms with Crippen molar-refractivity contribution in [2.45, 2.75) is 6.92 Å². The molecule has 0 aliphatic heterocycles. The summed E-state index contributed by atoms with van der Waals surface area (Å²) in [4.78, 5) is 26.0. The number of amides is 1. The number of nitro benzene ring substituents is 1. The summed E-state index contributed by atoms with van der Waals surface area (Å²) in [5.74, 6) is -1.41. The van der Waals surface area contributed by atoms with E-state index in [9.17, 15) is 19.3 Å². The first-order valence-electron chi connectivity index (χ1n) is 5.77. The molecule has 2 aromatic rings. The van der Waals surface area contributed by atoms with Gasteiger partial charge in [-0.2, -0.15) is 0 Å². The molecule has 0 atom stereocenters. The fraction of sp³-hybridized carbons (Fsp3) is 0.0769. The molecule has 1 aromatic carbocycles. The van der Waals surface area contributed by atoms with E-state index in [2.05, 4.69) is 26.2 Å². The van der Waals surface area contributed by atoms with Gasteiger partial charge in [-0.15, -0.1) is 0 Å². The minimum absolute atomic E-state index is 0.228. The number of halogens is 2. The van der Waals surface area contributed by atoms with Crippen LogP contribution in [0.5, 0.6) is 0 Å². The Hall–Kier alpha value is -2.35. The largest absolute Gasteiger partial charge is 0.306 e. The van der Waals surface area contributed by atoms with Gasteiger partial charge >= 0.3 is 0 Å². The lowest BCUT2D eigenvalue weighted by molar-refractivity contribution is -0.384. The molecule has 6 nitrogen and oxygen atoms in total. The Bertz CT molecular complexity index is 737. The molecule has 0 bridgehead atoms. The average molecular weight is 354 g/mol. The number of hydrogen-bond acceptors (Lipinski definition) is 4. The van der Waals surface area contributed by atoms with Crippen LogP contribution in [0.3, 0.4) is 0 Å². The van der Waals surface area contributed by atoms with Crippen LogP contribution in [0.2, 0.25) is 0 Å². The monoisotopic (exact) mass is 353 g/mol. The van der Waals surface area contributed by atoms with Crippen molar-refractivity contribution < 1.29 is 14.1 Å². The summed E-state index contributed by atoms with van der Waals surface area (Å²) in [6.45, 7) is 1.73. The molecule has 108 valence electrons. The van der Waals surface area contributed by atoms with Crippen LogP contribution in [0.25, 0.3) is 0 Å². The number of hydrogen-bond donors (Lipinski definition) is 1. The molecule has 0 aliphatic carbocycles. The number of carbonyl (C=O) groups is 1. The van der Waals surface area contributed by atoms with Crippen molar-refractivity contribution in [1.82, 2.24) is 4.98 Å². The molecule has 1 heterocycles. The second kappa shape index (κ2) is 5.96. The topological polar surface area (TPSA) is 85.1 Å². The number of benzene rings is 1. The van der Waals surface area contributed by atoms with E-state index in [1.807, 2.05) is 0 Å². The number of rotatable bonds is 3. The lowest BCUT2D eigenvalue weighted by atomic mass is 10.1. The number of pyridine rings is 1. The summed E-state index contributed by atoms with van der Waals surface area (Å²) in [7, 11) is 0. The zero-order valence-corrected chi connectivity index (χ0v) is 12.3. The quantitative estimate of drug-likeness (QED) is 0.676. The van der Waals surface area contributed by atoms with Gasteiger partial charge in [0, 0.05) is 16.6 Å². The van der Waals surface area contributed by atoms with Crippen LogP contribution in [0.1, 0.15) is 16.1 Å². The second-order valence-electron chi connectivity index (χ2n) is 4.14. The van der Waals surface area contributed by atoms with Crippen LogP contribution in [-0.4, -0.2) is 15.8 Å². The number of nitro groups is 1. The third-order valence-electron chi connectivity index (χ3n) is 2.67. The van der Waals surface area contributed by atoms with Gasteiger partial charge in [-0.05, 0) is 41.1 Å². The summed E-state index contributed by atoms with van der Waals surface area (Å²) < 4.78 is 14.4. The third kappa shape index (κ3) is 3.40. The molecule has 21 heavy (non-hydrogen) atoms. The maximum Gasteiger partial charge on any atom is 0.270 e. The van der Waals surface area contributed by atoms with Gasteiger partial charge < -0.3 is 5.32 Å². The van der Waals surface area contributed by atoms with E-state index in [0.717, 1.165) is 22.7 Å². The number of carbonyl (C=O) groups excluding carboxylic acids is 1. The van der Waals surface area contributed by atoms with Gasteiger partial charge in [0.1, 0.15) is 11.6 Å². The molecule has 0 unspecified atom stereocenters. The first-order valence-corrected chi connectivity index (χ1v) is 6.56. The zero-order valence-electron chi connectivity index (χ0n) is 10.8. The van der Waals surface area contributed by atoms with Gasteiger partial charge in [-0.25, -0.2) is 9.37 Å². The van der Waals surface area contributed by atoms with Gasteiger partial charge in [-0.3, -0.25) is 14.9 Å². The van der Waals surface area contributed by atoms with E-state index in [0.29, 0.717) is 5.69 Å². The Morgan fingerprint density at radius 2 is 2.10 bits per heavy atom. The SMILES string of the molecule is Cc1nc(NC(=O)c2cc([N+](=O)[O-])ccc2F)ccc1Br. The maximum absolute atomic E-state index is 13.6. The average Bonchev–Trinajstić information content (AvgIpc) is 2.43. The molecular weight excluding hydrogens is 345 g/mol. The van der Waals surface area contributed by atoms with E-state index < -0.39 is 22.2 Å². The summed E-state index contributed by atoms with van der Waals surface area (Å²) in [6, 6.07) is 5.98. The number of aromatic nitrogens is 1. The van der Waals surface area contributed by atoms with Gasteiger partial charge in [0.15, 0.2) is 0 Å². The maximum atomic E-state index is 13.6. The first-order chi connectivity index (χ1) is 9.88. The van der Waals surface area contributed by atoms with Crippen molar-refractivity contribution in [3.8, 4) is 0 Å². The van der Waals surface area contributed by atoms with E-state index in [4.69, 9.17) is 0 Å². The summed E-state index contributed by atoms with van der Waals surface area (Å²) >= 11 is 3.27. The highest BCUT2D eigenvalue weighted by Crippen LogP contribution is 2.19. The predicted molar refractivity (Wildman–Crippen MR) is 77.7 cm³/mol. The van der Waals surface area contributed by atoms with Gasteiger partial charge in [-0.1, -0.05) is 0 Å².